The summed E-state index contributed by atoms with van der Waals surface area (Å²) < 4.78 is 39.3. The zero-order valence-electron chi connectivity index (χ0n) is 10.8. The summed E-state index contributed by atoms with van der Waals surface area (Å²) in [5, 5.41) is 8.89. The van der Waals surface area contributed by atoms with Crippen molar-refractivity contribution >= 4 is 16.0 Å². The SMILES string of the molecule is Cc1c(F)cc(C(=O)O)cc1S(=O)(=O)N1CCCCO1. The molecule has 0 spiro atoms. The number of nitrogens with zero attached hydrogens (tertiary/aromatic N) is 1. The summed E-state index contributed by atoms with van der Waals surface area (Å²) in [4.78, 5) is 15.6. The smallest absolute Gasteiger partial charge is 0.335 e. The van der Waals surface area contributed by atoms with Crippen LogP contribution in [0.5, 0.6) is 0 Å². The van der Waals surface area contributed by atoms with Crippen LogP contribution in [0.3, 0.4) is 0 Å². The van der Waals surface area contributed by atoms with Crippen molar-refractivity contribution in [3.8, 4) is 0 Å². The summed E-state index contributed by atoms with van der Waals surface area (Å²) in [6.45, 7) is 1.72. The Morgan fingerprint density at radius 2 is 2.10 bits per heavy atom. The van der Waals surface area contributed by atoms with E-state index >= 15 is 0 Å². The maximum absolute atomic E-state index is 13.7. The number of sulfonamides is 1. The number of rotatable bonds is 3. The fourth-order valence-electron chi connectivity index (χ4n) is 1.92. The van der Waals surface area contributed by atoms with E-state index in [1.54, 1.807) is 0 Å². The number of aromatic carboxylic acids is 1. The Labute approximate surface area is 115 Å². The second-order valence-electron chi connectivity index (χ2n) is 4.46. The second-order valence-corrected chi connectivity index (χ2v) is 6.26. The Bertz CT molecular complexity index is 637. The van der Waals surface area contributed by atoms with Crippen LogP contribution in [0, 0.1) is 12.7 Å². The van der Waals surface area contributed by atoms with E-state index in [9.17, 15) is 17.6 Å². The van der Waals surface area contributed by atoms with Gasteiger partial charge < -0.3 is 5.11 Å². The summed E-state index contributed by atoms with van der Waals surface area (Å²) >= 11 is 0. The van der Waals surface area contributed by atoms with E-state index in [2.05, 4.69) is 0 Å². The zero-order chi connectivity index (χ0) is 14.9. The van der Waals surface area contributed by atoms with Gasteiger partial charge in [-0.25, -0.2) is 17.6 Å². The number of carboxylic acid groups (broad SMARTS) is 1. The molecule has 6 nitrogen and oxygen atoms in total. The first-order valence-electron chi connectivity index (χ1n) is 6.03. The molecule has 1 fully saturated rings. The van der Waals surface area contributed by atoms with E-state index in [1.807, 2.05) is 0 Å². The molecule has 20 heavy (non-hydrogen) atoms. The molecule has 1 heterocycles. The Morgan fingerprint density at radius 1 is 1.40 bits per heavy atom. The fourth-order valence-corrected chi connectivity index (χ4v) is 3.48. The van der Waals surface area contributed by atoms with Gasteiger partial charge in [0.2, 0.25) is 0 Å². The van der Waals surface area contributed by atoms with Crippen molar-refractivity contribution in [1.82, 2.24) is 4.47 Å². The molecule has 0 aromatic heterocycles. The lowest BCUT2D eigenvalue weighted by molar-refractivity contribution is -0.108. The predicted octanol–water partition coefficient (Wildman–Crippen LogP) is 1.55. The molecule has 0 aliphatic carbocycles. The quantitative estimate of drug-likeness (QED) is 0.916. The summed E-state index contributed by atoms with van der Waals surface area (Å²) in [7, 11) is -4.06. The van der Waals surface area contributed by atoms with Crippen LogP contribution >= 0.6 is 0 Å². The highest BCUT2D eigenvalue weighted by atomic mass is 32.2. The summed E-state index contributed by atoms with van der Waals surface area (Å²) in [5.74, 6) is -2.26. The molecule has 2 rings (SSSR count). The number of halogens is 1. The van der Waals surface area contributed by atoms with Gasteiger partial charge in [0.05, 0.1) is 17.1 Å². The average Bonchev–Trinajstić information content (AvgIpc) is 2.42. The number of carboxylic acids is 1. The Hall–Kier alpha value is -1.51. The van der Waals surface area contributed by atoms with Crippen molar-refractivity contribution in [1.29, 1.82) is 0 Å². The van der Waals surface area contributed by atoms with E-state index in [-0.39, 0.29) is 23.6 Å². The van der Waals surface area contributed by atoms with Crippen LogP contribution in [0.15, 0.2) is 17.0 Å². The lowest BCUT2D eigenvalue weighted by Gasteiger charge is -2.26. The maximum atomic E-state index is 13.7. The lowest BCUT2D eigenvalue weighted by Crippen LogP contribution is -2.36. The fraction of sp³-hybridized carbons (Fsp3) is 0.417. The van der Waals surface area contributed by atoms with Gasteiger partial charge in [-0.3, -0.25) is 4.84 Å². The van der Waals surface area contributed by atoms with Crippen molar-refractivity contribution in [2.75, 3.05) is 13.2 Å². The summed E-state index contributed by atoms with van der Waals surface area (Å²) in [6, 6.07) is 1.75. The number of hydrogen-bond acceptors (Lipinski definition) is 4. The molecule has 1 aliphatic rings. The Morgan fingerprint density at radius 3 is 2.65 bits per heavy atom. The monoisotopic (exact) mass is 303 g/mol. The minimum Gasteiger partial charge on any atom is -0.478 e. The molecule has 1 aromatic carbocycles. The molecule has 0 atom stereocenters. The van der Waals surface area contributed by atoms with Crippen molar-refractivity contribution in [3.63, 3.8) is 0 Å². The van der Waals surface area contributed by atoms with E-state index in [0.717, 1.165) is 23.0 Å². The highest BCUT2D eigenvalue weighted by molar-refractivity contribution is 7.89. The first kappa shape index (κ1) is 14.9. The van der Waals surface area contributed by atoms with Crippen molar-refractivity contribution < 1.29 is 27.5 Å². The number of hydrogen-bond donors (Lipinski definition) is 1. The van der Waals surface area contributed by atoms with Crippen molar-refractivity contribution in [3.05, 3.63) is 29.1 Å². The van der Waals surface area contributed by atoms with Crippen LogP contribution in [0.1, 0.15) is 28.8 Å². The third kappa shape index (κ3) is 2.67. The molecular weight excluding hydrogens is 289 g/mol. The molecule has 1 saturated heterocycles. The molecule has 110 valence electrons. The van der Waals surface area contributed by atoms with E-state index in [4.69, 9.17) is 9.94 Å². The molecule has 1 N–H and O–H groups in total. The Balaban J connectivity index is 2.52. The number of benzene rings is 1. The molecule has 0 amide bonds. The lowest BCUT2D eigenvalue weighted by atomic mass is 10.1. The number of hydroxylamine groups is 1. The minimum absolute atomic E-state index is 0.121. The van der Waals surface area contributed by atoms with Gasteiger partial charge in [-0.15, -0.1) is 0 Å². The van der Waals surface area contributed by atoms with Crippen LogP contribution in [0.2, 0.25) is 0 Å². The normalized spacial score (nSPS) is 17.1. The minimum atomic E-state index is -4.06. The molecule has 0 unspecified atom stereocenters. The predicted molar refractivity (Wildman–Crippen MR) is 67.2 cm³/mol. The third-order valence-corrected chi connectivity index (χ3v) is 4.86. The standard InChI is InChI=1S/C12H14FNO5S/c1-8-10(13)6-9(12(15)16)7-11(8)20(17,18)14-4-2-3-5-19-14/h6-7H,2-5H2,1H3,(H,15,16). The van der Waals surface area contributed by atoms with E-state index in [0.29, 0.717) is 6.42 Å². The van der Waals surface area contributed by atoms with Gasteiger partial charge in [-0.2, -0.15) is 0 Å². The molecule has 1 aliphatic heterocycles. The van der Waals surface area contributed by atoms with Crippen LogP contribution in [0.25, 0.3) is 0 Å². The first-order valence-corrected chi connectivity index (χ1v) is 7.47. The topological polar surface area (TPSA) is 83.9 Å². The molecule has 8 heteroatoms. The highest BCUT2D eigenvalue weighted by Gasteiger charge is 2.30. The van der Waals surface area contributed by atoms with Crippen molar-refractivity contribution in [2.24, 2.45) is 0 Å². The van der Waals surface area contributed by atoms with Crippen LogP contribution < -0.4 is 0 Å². The van der Waals surface area contributed by atoms with E-state index < -0.39 is 27.4 Å². The molecule has 0 saturated carbocycles. The average molecular weight is 303 g/mol. The van der Waals surface area contributed by atoms with Crippen LogP contribution in [-0.4, -0.2) is 37.1 Å². The first-order chi connectivity index (χ1) is 9.34. The largest absolute Gasteiger partial charge is 0.478 e. The molecule has 0 bridgehead atoms. The van der Waals surface area contributed by atoms with Gasteiger partial charge in [0.25, 0.3) is 10.0 Å². The zero-order valence-corrected chi connectivity index (χ0v) is 11.6. The summed E-state index contributed by atoms with van der Waals surface area (Å²) in [6.07, 6.45) is 1.38. The van der Waals surface area contributed by atoms with Gasteiger partial charge in [0.1, 0.15) is 5.82 Å². The summed E-state index contributed by atoms with van der Waals surface area (Å²) in [5.41, 5.74) is -0.534. The number of carbonyl (C=O) groups is 1. The van der Waals surface area contributed by atoms with Gasteiger partial charge in [0.15, 0.2) is 0 Å². The van der Waals surface area contributed by atoms with Gasteiger partial charge in [-0.1, -0.05) is 4.47 Å². The molecule has 0 radical (unpaired) electrons. The third-order valence-electron chi connectivity index (χ3n) is 3.06. The maximum Gasteiger partial charge on any atom is 0.335 e. The second kappa shape index (κ2) is 5.47. The molecule has 1 aromatic rings. The van der Waals surface area contributed by atoms with E-state index in [1.165, 1.54) is 6.92 Å². The van der Waals surface area contributed by atoms with Crippen LogP contribution in [-0.2, 0) is 14.9 Å². The molecular formula is C12H14FNO5S. The Kier molecular flexibility index (Phi) is 4.07. The van der Waals surface area contributed by atoms with Gasteiger partial charge in [0, 0.05) is 12.1 Å². The highest BCUT2D eigenvalue weighted by Crippen LogP contribution is 2.25. The van der Waals surface area contributed by atoms with Crippen molar-refractivity contribution in [2.45, 2.75) is 24.7 Å². The van der Waals surface area contributed by atoms with Crippen LogP contribution in [0.4, 0.5) is 4.39 Å². The van der Waals surface area contributed by atoms with Gasteiger partial charge >= 0.3 is 5.97 Å². The van der Waals surface area contributed by atoms with Gasteiger partial charge in [-0.05, 0) is 31.9 Å².